The first kappa shape index (κ1) is 18.6. The van der Waals surface area contributed by atoms with Crippen LogP contribution in [-0.2, 0) is 16.0 Å². The van der Waals surface area contributed by atoms with E-state index in [0.717, 1.165) is 23.4 Å². The molecule has 2 aromatic rings. The molecule has 6 heteroatoms. The van der Waals surface area contributed by atoms with Gasteiger partial charge in [0.1, 0.15) is 0 Å². The quantitative estimate of drug-likeness (QED) is 0.773. The van der Waals surface area contributed by atoms with Crippen LogP contribution in [0.2, 0.25) is 0 Å². The zero-order valence-electron chi connectivity index (χ0n) is 15.3. The molecule has 6 nitrogen and oxygen atoms in total. The summed E-state index contributed by atoms with van der Waals surface area (Å²) in [6.07, 6.45) is 1.68. The Morgan fingerprint density at radius 2 is 1.85 bits per heavy atom. The van der Waals surface area contributed by atoms with Crippen molar-refractivity contribution in [1.82, 2.24) is 5.32 Å². The maximum atomic E-state index is 12.1. The van der Waals surface area contributed by atoms with E-state index in [9.17, 15) is 14.4 Å². The van der Waals surface area contributed by atoms with E-state index in [1.54, 1.807) is 24.0 Å². The topological polar surface area (TPSA) is 78.5 Å². The van der Waals surface area contributed by atoms with Crippen molar-refractivity contribution in [3.63, 3.8) is 0 Å². The smallest absolute Gasteiger partial charge is 0.251 e. The second-order valence-corrected chi connectivity index (χ2v) is 6.54. The highest BCUT2D eigenvalue weighted by atomic mass is 16.2. The lowest BCUT2D eigenvalue weighted by Gasteiger charge is -2.15. The van der Waals surface area contributed by atoms with Gasteiger partial charge in [-0.15, -0.1) is 0 Å². The first-order valence-corrected chi connectivity index (χ1v) is 9.09. The van der Waals surface area contributed by atoms with Gasteiger partial charge in [0.2, 0.25) is 11.8 Å². The van der Waals surface area contributed by atoms with Crippen molar-refractivity contribution >= 4 is 29.1 Å². The fraction of sp³-hybridized carbons (Fsp3) is 0.286. The van der Waals surface area contributed by atoms with Gasteiger partial charge >= 0.3 is 0 Å². The van der Waals surface area contributed by atoms with E-state index in [0.29, 0.717) is 31.5 Å². The van der Waals surface area contributed by atoms with Crippen molar-refractivity contribution in [1.29, 1.82) is 0 Å². The van der Waals surface area contributed by atoms with Crippen molar-refractivity contribution in [3.8, 4) is 0 Å². The molecule has 0 aliphatic carbocycles. The largest absolute Gasteiger partial charge is 0.352 e. The lowest BCUT2D eigenvalue weighted by atomic mass is 10.1. The molecule has 0 radical (unpaired) electrons. The summed E-state index contributed by atoms with van der Waals surface area (Å²) in [6.45, 7) is 2.68. The SMILES string of the molecule is CC(=O)N1CCc2cc(NC(=O)CCCNC(=O)c3ccccc3)ccc21. The average Bonchev–Trinajstić information content (AvgIpc) is 3.09. The Balaban J connectivity index is 1.44. The van der Waals surface area contributed by atoms with Crippen LogP contribution in [0.3, 0.4) is 0 Å². The highest BCUT2D eigenvalue weighted by Gasteiger charge is 2.22. The summed E-state index contributed by atoms with van der Waals surface area (Å²) >= 11 is 0. The van der Waals surface area contributed by atoms with Crippen LogP contribution in [0.1, 0.15) is 35.7 Å². The minimum Gasteiger partial charge on any atom is -0.352 e. The van der Waals surface area contributed by atoms with Crippen molar-refractivity contribution in [2.75, 3.05) is 23.3 Å². The van der Waals surface area contributed by atoms with E-state index in [2.05, 4.69) is 10.6 Å². The summed E-state index contributed by atoms with van der Waals surface area (Å²) in [5.74, 6) is -0.196. The van der Waals surface area contributed by atoms with E-state index < -0.39 is 0 Å². The Morgan fingerprint density at radius 3 is 2.59 bits per heavy atom. The Kier molecular flexibility index (Phi) is 5.86. The monoisotopic (exact) mass is 365 g/mol. The van der Waals surface area contributed by atoms with Gasteiger partial charge in [0.05, 0.1) is 0 Å². The molecule has 0 fully saturated rings. The summed E-state index contributed by atoms with van der Waals surface area (Å²) in [5.41, 5.74) is 3.33. The number of carbonyl (C=O) groups is 3. The molecule has 0 bridgehead atoms. The molecule has 0 unspecified atom stereocenters. The lowest BCUT2D eigenvalue weighted by Crippen LogP contribution is -2.25. The van der Waals surface area contributed by atoms with Crippen LogP contribution in [0, 0.1) is 0 Å². The molecule has 1 aliphatic heterocycles. The third-order valence-corrected chi connectivity index (χ3v) is 4.54. The summed E-state index contributed by atoms with van der Waals surface area (Å²) < 4.78 is 0. The minimum absolute atomic E-state index is 0.0306. The molecule has 0 spiro atoms. The van der Waals surface area contributed by atoms with E-state index >= 15 is 0 Å². The van der Waals surface area contributed by atoms with Gasteiger partial charge in [-0.05, 0) is 48.7 Å². The predicted octanol–water partition coefficient (Wildman–Crippen LogP) is 2.74. The Labute approximate surface area is 158 Å². The van der Waals surface area contributed by atoms with Gasteiger partial charge in [-0.25, -0.2) is 0 Å². The van der Waals surface area contributed by atoms with Crippen LogP contribution in [0.4, 0.5) is 11.4 Å². The number of hydrogen-bond donors (Lipinski definition) is 2. The van der Waals surface area contributed by atoms with Crippen molar-refractivity contribution in [3.05, 3.63) is 59.7 Å². The molecule has 140 valence electrons. The third-order valence-electron chi connectivity index (χ3n) is 4.54. The molecule has 2 N–H and O–H groups in total. The zero-order valence-corrected chi connectivity index (χ0v) is 15.3. The van der Waals surface area contributed by atoms with Gasteiger partial charge in [-0.2, -0.15) is 0 Å². The fourth-order valence-corrected chi connectivity index (χ4v) is 3.17. The van der Waals surface area contributed by atoms with Crippen LogP contribution in [0.5, 0.6) is 0 Å². The first-order valence-electron chi connectivity index (χ1n) is 9.09. The van der Waals surface area contributed by atoms with E-state index in [-0.39, 0.29) is 17.7 Å². The molecule has 0 aromatic heterocycles. The zero-order chi connectivity index (χ0) is 19.2. The number of nitrogens with zero attached hydrogens (tertiary/aromatic N) is 1. The molecule has 0 saturated carbocycles. The van der Waals surface area contributed by atoms with Gasteiger partial charge < -0.3 is 15.5 Å². The third kappa shape index (κ3) is 4.73. The summed E-state index contributed by atoms with van der Waals surface area (Å²) in [6, 6.07) is 14.6. The van der Waals surface area contributed by atoms with Gasteiger partial charge in [0.25, 0.3) is 5.91 Å². The number of anilines is 2. The second-order valence-electron chi connectivity index (χ2n) is 6.54. The van der Waals surface area contributed by atoms with Gasteiger partial charge in [-0.1, -0.05) is 18.2 Å². The highest BCUT2D eigenvalue weighted by Crippen LogP contribution is 2.30. The number of carbonyl (C=O) groups excluding carboxylic acids is 3. The molecule has 1 aliphatic rings. The molecular formula is C21H23N3O3. The molecule has 27 heavy (non-hydrogen) atoms. The Hall–Kier alpha value is -3.15. The molecule has 1 heterocycles. The van der Waals surface area contributed by atoms with Gasteiger partial charge in [-0.3, -0.25) is 14.4 Å². The molecule has 3 rings (SSSR count). The summed E-state index contributed by atoms with van der Waals surface area (Å²) in [7, 11) is 0. The molecular weight excluding hydrogens is 342 g/mol. The lowest BCUT2D eigenvalue weighted by molar-refractivity contribution is -0.117. The number of amides is 3. The van der Waals surface area contributed by atoms with E-state index in [4.69, 9.17) is 0 Å². The Bertz CT molecular complexity index is 849. The highest BCUT2D eigenvalue weighted by molar-refractivity contribution is 5.96. The van der Waals surface area contributed by atoms with Crippen LogP contribution >= 0.6 is 0 Å². The fourth-order valence-electron chi connectivity index (χ4n) is 3.17. The standard InChI is InChI=1S/C21H23N3O3/c1-15(25)24-13-11-17-14-18(9-10-19(17)24)23-20(26)8-5-12-22-21(27)16-6-3-2-4-7-16/h2-4,6-7,9-10,14H,5,8,11-13H2,1H3,(H,22,27)(H,23,26). The Morgan fingerprint density at radius 1 is 1.07 bits per heavy atom. The maximum absolute atomic E-state index is 12.1. The number of rotatable bonds is 6. The van der Waals surface area contributed by atoms with Crippen LogP contribution in [0.15, 0.2) is 48.5 Å². The number of nitrogens with one attached hydrogen (secondary N) is 2. The number of benzene rings is 2. The first-order chi connectivity index (χ1) is 13.0. The second kappa shape index (κ2) is 8.49. The molecule has 0 atom stereocenters. The number of fused-ring (bicyclic) bond motifs is 1. The maximum Gasteiger partial charge on any atom is 0.251 e. The predicted molar refractivity (Wildman–Crippen MR) is 105 cm³/mol. The normalized spacial score (nSPS) is 12.4. The van der Waals surface area contributed by atoms with Crippen LogP contribution in [0.25, 0.3) is 0 Å². The van der Waals surface area contributed by atoms with Crippen LogP contribution in [-0.4, -0.2) is 30.8 Å². The van der Waals surface area contributed by atoms with E-state index in [1.165, 1.54) is 0 Å². The van der Waals surface area contributed by atoms with Gasteiger partial charge in [0, 0.05) is 43.4 Å². The minimum atomic E-state index is -0.135. The van der Waals surface area contributed by atoms with Gasteiger partial charge in [0.15, 0.2) is 0 Å². The summed E-state index contributed by atoms with van der Waals surface area (Å²) in [5, 5.41) is 5.69. The van der Waals surface area contributed by atoms with E-state index in [1.807, 2.05) is 36.4 Å². The van der Waals surface area contributed by atoms with Crippen LogP contribution < -0.4 is 15.5 Å². The van der Waals surface area contributed by atoms with Crippen molar-refractivity contribution < 1.29 is 14.4 Å². The summed E-state index contributed by atoms with van der Waals surface area (Å²) in [4.78, 5) is 37.4. The molecule has 0 saturated heterocycles. The average molecular weight is 365 g/mol. The number of hydrogen-bond acceptors (Lipinski definition) is 3. The molecule has 3 amide bonds. The van der Waals surface area contributed by atoms with Crippen molar-refractivity contribution in [2.45, 2.75) is 26.2 Å². The van der Waals surface area contributed by atoms with Crippen molar-refractivity contribution in [2.24, 2.45) is 0 Å². The molecule has 2 aromatic carbocycles.